The van der Waals surface area contributed by atoms with Crippen LogP contribution in [0.1, 0.15) is 27.9 Å². The lowest BCUT2D eigenvalue weighted by molar-refractivity contribution is -0.127. The van der Waals surface area contributed by atoms with Gasteiger partial charge in [0.25, 0.3) is 5.91 Å². The zero-order valence-electron chi connectivity index (χ0n) is 19.7. The quantitative estimate of drug-likeness (QED) is 0.0926. The lowest BCUT2D eigenvalue weighted by Crippen LogP contribution is -2.29. The number of ether oxygens (including phenoxy) is 2. The van der Waals surface area contributed by atoms with Crippen LogP contribution in [-0.2, 0) is 9.53 Å². The molecule has 7 heteroatoms. The van der Waals surface area contributed by atoms with Gasteiger partial charge in [-0.25, -0.2) is 9.59 Å². The van der Waals surface area contributed by atoms with Crippen LogP contribution in [0.15, 0.2) is 94.1 Å². The predicted molar refractivity (Wildman–Crippen MR) is 138 cm³/mol. The van der Waals surface area contributed by atoms with Gasteiger partial charge in [-0.05, 0) is 41.8 Å². The highest BCUT2D eigenvalue weighted by Gasteiger charge is 2.17. The van der Waals surface area contributed by atoms with E-state index in [1.165, 1.54) is 12.1 Å². The van der Waals surface area contributed by atoms with Gasteiger partial charge in [0.15, 0.2) is 0 Å². The number of rotatable bonds is 9. The number of methoxy groups -OCH3 is 1. The molecule has 36 heavy (non-hydrogen) atoms. The fourth-order valence-electron chi connectivity index (χ4n) is 3.58. The predicted octanol–water partition coefficient (Wildman–Crippen LogP) is 4.71. The Morgan fingerprint density at radius 3 is 2.39 bits per heavy atom. The summed E-state index contributed by atoms with van der Waals surface area (Å²) in [4.78, 5) is 37.9. The van der Waals surface area contributed by atoms with Crippen molar-refractivity contribution < 1.29 is 23.5 Å². The first-order valence-corrected chi connectivity index (χ1v) is 11.4. The fraction of sp³-hybridized carbons (Fsp3) is 0.138. The molecular formula is C29H25NO6. The van der Waals surface area contributed by atoms with Crippen molar-refractivity contribution in [3.8, 4) is 5.75 Å². The van der Waals surface area contributed by atoms with Gasteiger partial charge in [0.1, 0.15) is 16.9 Å². The van der Waals surface area contributed by atoms with Crippen molar-refractivity contribution in [1.82, 2.24) is 5.32 Å². The van der Waals surface area contributed by atoms with E-state index in [1.807, 2.05) is 60.7 Å². The van der Waals surface area contributed by atoms with Crippen LogP contribution in [0.5, 0.6) is 5.75 Å². The molecule has 0 aliphatic carbocycles. The summed E-state index contributed by atoms with van der Waals surface area (Å²) in [6.07, 6.45) is 2.38. The maximum atomic E-state index is 13.2. The van der Waals surface area contributed by atoms with Crippen LogP contribution in [0.25, 0.3) is 22.6 Å². The van der Waals surface area contributed by atoms with Gasteiger partial charge in [-0.1, -0.05) is 60.7 Å². The van der Waals surface area contributed by atoms with E-state index in [0.717, 1.165) is 5.56 Å². The molecule has 1 amide bonds. The third kappa shape index (κ3) is 6.14. The SMILES string of the molecule is COCCCNC(=O)c1cc2ccc(OC(=O)/C(=C/c3ccccc3)c3ccccc3)cc2oc1=O. The van der Waals surface area contributed by atoms with E-state index in [0.29, 0.717) is 36.1 Å². The number of carbonyl (C=O) groups excluding carboxylic acids is 2. The molecule has 0 spiro atoms. The molecule has 4 aromatic rings. The van der Waals surface area contributed by atoms with Crippen molar-refractivity contribution in [2.75, 3.05) is 20.3 Å². The van der Waals surface area contributed by atoms with Gasteiger partial charge in [-0.15, -0.1) is 0 Å². The molecule has 1 aromatic heterocycles. The Hall–Kier alpha value is -4.49. The van der Waals surface area contributed by atoms with Crippen molar-refractivity contribution in [3.05, 3.63) is 112 Å². The first-order valence-electron chi connectivity index (χ1n) is 11.4. The summed E-state index contributed by atoms with van der Waals surface area (Å²) in [5.74, 6) is -0.864. The molecule has 0 atom stereocenters. The lowest BCUT2D eigenvalue weighted by Gasteiger charge is -2.10. The highest BCUT2D eigenvalue weighted by atomic mass is 16.5. The molecule has 0 radical (unpaired) electrons. The zero-order valence-corrected chi connectivity index (χ0v) is 19.7. The molecule has 1 N–H and O–H groups in total. The summed E-state index contributed by atoms with van der Waals surface area (Å²) >= 11 is 0. The van der Waals surface area contributed by atoms with Crippen LogP contribution < -0.4 is 15.7 Å². The highest BCUT2D eigenvalue weighted by Crippen LogP contribution is 2.25. The third-order valence-corrected chi connectivity index (χ3v) is 5.39. The van der Waals surface area contributed by atoms with Gasteiger partial charge in [0, 0.05) is 31.7 Å². The van der Waals surface area contributed by atoms with E-state index in [2.05, 4.69) is 5.32 Å². The smallest absolute Gasteiger partial charge is 0.349 e. The summed E-state index contributed by atoms with van der Waals surface area (Å²) in [5.41, 5.74) is 1.27. The first kappa shape index (κ1) is 24.6. The van der Waals surface area contributed by atoms with Gasteiger partial charge in [-0.3, -0.25) is 4.79 Å². The lowest BCUT2D eigenvalue weighted by atomic mass is 10.0. The largest absolute Gasteiger partial charge is 0.423 e. The van der Waals surface area contributed by atoms with E-state index in [4.69, 9.17) is 13.9 Å². The molecule has 0 aliphatic rings. The standard InChI is InChI=1S/C29H25NO6/c1-34-16-8-15-30-27(31)25-18-22-13-14-23(19-26(22)36-29(25)33)35-28(32)24(21-11-6-3-7-12-21)17-20-9-4-2-5-10-20/h2-7,9-14,17-19H,8,15-16H2,1H3,(H,30,31)/b24-17+. The van der Waals surface area contributed by atoms with E-state index in [-0.39, 0.29) is 16.9 Å². The second-order valence-electron chi connectivity index (χ2n) is 7.97. The molecule has 7 nitrogen and oxygen atoms in total. The number of amides is 1. The molecule has 0 bridgehead atoms. The molecule has 182 valence electrons. The van der Waals surface area contributed by atoms with Crippen molar-refractivity contribution >= 4 is 34.5 Å². The number of nitrogens with one attached hydrogen (secondary N) is 1. The Morgan fingerprint density at radius 1 is 0.944 bits per heavy atom. The Morgan fingerprint density at radius 2 is 1.67 bits per heavy atom. The molecule has 4 rings (SSSR count). The monoisotopic (exact) mass is 483 g/mol. The van der Waals surface area contributed by atoms with E-state index in [1.54, 1.807) is 25.3 Å². The van der Waals surface area contributed by atoms with Gasteiger partial charge in [-0.2, -0.15) is 0 Å². The summed E-state index contributed by atoms with van der Waals surface area (Å²) in [6.45, 7) is 0.875. The average molecular weight is 484 g/mol. The second kappa shape index (κ2) is 11.8. The van der Waals surface area contributed by atoms with Crippen LogP contribution >= 0.6 is 0 Å². The van der Waals surface area contributed by atoms with Gasteiger partial charge >= 0.3 is 11.6 Å². The van der Waals surface area contributed by atoms with Crippen LogP contribution in [0.3, 0.4) is 0 Å². The van der Waals surface area contributed by atoms with Crippen LogP contribution in [0, 0.1) is 0 Å². The van der Waals surface area contributed by atoms with Crippen molar-refractivity contribution in [1.29, 1.82) is 0 Å². The Kier molecular flexibility index (Phi) is 8.05. The van der Waals surface area contributed by atoms with Crippen molar-refractivity contribution in [3.63, 3.8) is 0 Å². The summed E-state index contributed by atoms with van der Waals surface area (Å²) in [6, 6.07) is 24.8. The highest BCUT2D eigenvalue weighted by molar-refractivity contribution is 6.22. The number of hydrogen-bond acceptors (Lipinski definition) is 6. The minimum atomic E-state index is -0.774. The number of esters is 1. The molecule has 0 saturated heterocycles. The van der Waals surface area contributed by atoms with E-state index >= 15 is 0 Å². The third-order valence-electron chi connectivity index (χ3n) is 5.39. The number of carbonyl (C=O) groups is 2. The Bertz CT molecular complexity index is 1440. The van der Waals surface area contributed by atoms with Crippen molar-refractivity contribution in [2.24, 2.45) is 0 Å². The Labute approximate surface area is 208 Å². The number of benzene rings is 3. The van der Waals surface area contributed by atoms with Gasteiger partial charge in [0.05, 0.1) is 5.57 Å². The van der Waals surface area contributed by atoms with Crippen LogP contribution in [0.2, 0.25) is 0 Å². The van der Waals surface area contributed by atoms with Gasteiger partial charge in [0.2, 0.25) is 0 Å². The summed E-state index contributed by atoms with van der Waals surface area (Å²) in [5, 5.41) is 3.20. The average Bonchev–Trinajstić information content (AvgIpc) is 2.90. The summed E-state index contributed by atoms with van der Waals surface area (Å²) in [7, 11) is 1.58. The minimum Gasteiger partial charge on any atom is -0.423 e. The van der Waals surface area contributed by atoms with Crippen LogP contribution in [-0.4, -0.2) is 32.1 Å². The molecule has 0 fully saturated rings. The normalized spacial score (nSPS) is 11.3. The Balaban J connectivity index is 1.57. The molecule has 0 unspecified atom stereocenters. The second-order valence-corrected chi connectivity index (χ2v) is 7.97. The van der Waals surface area contributed by atoms with Crippen LogP contribution in [0.4, 0.5) is 0 Å². The van der Waals surface area contributed by atoms with E-state index < -0.39 is 17.5 Å². The fourth-order valence-corrected chi connectivity index (χ4v) is 3.58. The molecule has 1 heterocycles. The molecular weight excluding hydrogens is 458 g/mol. The number of fused-ring (bicyclic) bond motifs is 1. The maximum Gasteiger partial charge on any atom is 0.349 e. The van der Waals surface area contributed by atoms with Crippen molar-refractivity contribution in [2.45, 2.75) is 6.42 Å². The maximum absolute atomic E-state index is 13.2. The summed E-state index contributed by atoms with van der Waals surface area (Å²) < 4.78 is 15.9. The van der Waals surface area contributed by atoms with E-state index in [9.17, 15) is 14.4 Å². The molecule has 3 aromatic carbocycles. The minimum absolute atomic E-state index is 0.0955. The number of hydrogen-bond donors (Lipinski definition) is 1. The molecule has 0 saturated carbocycles. The first-order chi connectivity index (χ1) is 17.5. The zero-order chi connectivity index (χ0) is 25.3. The molecule has 0 aliphatic heterocycles. The topological polar surface area (TPSA) is 94.8 Å². The van der Waals surface area contributed by atoms with Gasteiger partial charge < -0.3 is 19.2 Å².